The summed E-state index contributed by atoms with van der Waals surface area (Å²) in [6.45, 7) is 0. The highest BCUT2D eigenvalue weighted by Gasteiger charge is 2.10. The maximum absolute atomic E-state index is 11.0. The van der Waals surface area contributed by atoms with E-state index in [4.69, 9.17) is 12.0 Å². The first-order valence-corrected chi connectivity index (χ1v) is 4.29. The maximum atomic E-state index is 11.0. The van der Waals surface area contributed by atoms with Crippen molar-refractivity contribution in [3.05, 3.63) is 30.3 Å². The molecule has 70 valence electrons. The second-order valence-electron chi connectivity index (χ2n) is 2.17. The minimum atomic E-state index is -3.02. The molecule has 0 spiro atoms. The number of rotatable bonds is 5. The molecule has 0 heterocycles. The zero-order chi connectivity index (χ0) is 14.0. The minimum absolute atomic E-state index is 0.419. The van der Waals surface area contributed by atoms with Crippen molar-refractivity contribution in [2.75, 3.05) is 5.70 Å². The Hall–Kier alpha value is -1.00. The number of hydrogen-bond acceptors (Lipinski definition) is 3. The minimum Gasteiger partial charge on any atom is -0.480 e. The lowest BCUT2D eigenvalue weighted by atomic mass is 10.4. The van der Waals surface area contributed by atoms with Crippen molar-refractivity contribution < 1.29 is 16.8 Å². The van der Waals surface area contributed by atoms with Gasteiger partial charge < -0.3 is 10.8 Å². The lowest BCUT2D eigenvalue weighted by Gasteiger charge is -2.04. The standard InChI is InChI=1S/C9H11NO2S/c10-8(9(11)12)6-13-7-4-2-1-3-5-7/h1-5,8H,6,10H2,(H,11,12)/t8-/m0/s1/i6D2,8D/hD2. The molecule has 0 radical (unpaired) electrons. The van der Waals surface area contributed by atoms with Crippen LogP contribution in [0.3, 0.4) is 0 Å². The molecule has 0 saturated carbocycles. The van der Waals surface area contributed by atoms with E-state index in [-0.39, 0.29) is 0 Å². The van der Waals surface area contributed by atoms with Crippen molar-refractivity contribution in [3.8, 4) is 0 Å². The summed E-state index contributed by atoms with van der Waals surface area (Å²) in [4.78, 5) is 11.4. The smallest absolute Gasteiger partial charge is 0.321 e. The average molecular weight is 202 g/mol. The summed E-state index contributed by atoms with van der Waals surface area (Å²) in [6, 6.07) is 5.10. The van der Waals surface area contributed by atoms with E-state index >= 15 is 0 Å². The van der Waals surface area contributed by atoms with E-state index < -0.39 is 23.4 Å². The molecule has 1 aromatic rings. The normalized spacial score (nSPS) is 21.8. The Bertz CT molecular complexity index is 430. The van der Waals surface area contributed by atoms with Gasteiger partial charge in [0.2, 0.25) is 0 Å². The second kappa shape index (κ2) is 4.89. The molecule has 1 aromatic carbocycles. The summed E-state index contributed by atoms with van der Waals surface area (Å²) in [5.41, 5.74) is -3.10. The van der Waals surface area contributed by atoms with Crippen LogP contribution in [-0.2, 0) is 4.79 Å². The number of carboxylic acid groups (broad SMARTS) is 1. The summed E-state index contributed by atoms with van der Waals surface area (Å²) in [5, 5.41) is 8.89. The quantitative estimate of drug-likeness (QED) is 0.704. The molecule has 3 nitrogen and oxygen atoms in total. The fourth-order valence-electron chi connectivity index (χ4n) is 0.639. The Kier molecular flexibility index (Phi) is 1.89. The highest BCUT2D eigenvalue weighted by Crippen LogP contribution is 2.17. The topological polar surface area (TPSA) is 63.3 Å². The predicted octanol–water partition coefficient (Wildman–Crippen LogP) is 1.19. The van der Waals surface area contributed by atoms with E-state index in [2.05, 4.69) is 0 Å². The average Bonchev–Trinajstić information content (AvgIpc) is 2.27. The van der Waals surface area contributed by atoms with Crippen molar-refractivity contribution >= 4 is 17.7 Å². The molecular formula is C9H11NO2S. The summed E-state index contributed by atoms with van der Waals surface area (Å²) in [6.07, 6.45) is 0. The zero-order valence-electron chi connectivity index (χ0n) is 11.6. The predicted molar refractivity (Wildman–Crippen MR) is 52.8 cm³/mol. The first-order valence-electron chi connectivity index (χ1n) is 5.86. The number of hydrogen-bond donors (Lipinski definition) is 2. The Labute approximate surface area is 88.1 Å². The molecule has 0 aliphatic rings. The Morgan fingerprint density at radius 1 is 1.77 bits per heavy atom. The highest BCUT2D eigenvalue weighted by molar-refractivity contribution is 7.99. The molecule has 4 heteroatoms. The zero-order valence-corrected chi connectivity index (χ0v) is 7.41. The van der Waals surface area contributed by atoms with Crippen LogP contribution < -0.4 is 5.72 Å². The fraction of sp³-hybridized carbons (Fsp3) is 0.222. The number of aliphatic carboxylic acids is 1. The third kappa shape index (κ3) is 3.48. The van der Waals surface area contributed by atoms with Crippen LogP contribution in [0.1, 0.15) is 4.11 Å². The number of carbonyl (C=O) groups is 1. The van der Waals surface area contributed by atoms with Gasteiger partial charge in [0.1, 0.15) is 8.84 Å². The van der Waals surface area contributed by atoms with Gasteiger partial charge in [-0.1, -0.05) is 18.2 Å². The Morgan fingerprint density at radius 3 is 3.00 bits per heavy atom. The van der Waals surface area contributed by atoms with E-state index in [1.807, 2.05) is 0 Å². The Balaban J connectivity index is 3.07. The molecule has 0 aliphatic carbocycles. The first-order chi connectivity index (χ1) is 8.22. The largest absolute Gasteiger partial charge is 0.480 e. The third-order valence-corrected chi connectivity index (χ3v) is 2.01. The van der Waals surface area contributed by atoms with Crippen LogP contribution in [0.15, 0.2) is 35.2 Å². The molecule has 0 saturated heterocycles. The van der Waals surface area contributed by atoms with Crippen molar-refractivity contribution in [1.29, 1.82) is 0 Å². The maximum Gasteiger partial charge on any atom is 0.321 e. The van der Waals surface area contributed by atoms with E-state index in [9.17, 15) is 4.79 Å². The number of benzene rings is 1. The van der Waals surface area contributed by atoms with Gasteiger partial charge in [0.25, 0.3) is 0 Å². The molecule has 1 atom stereocenters. The van der Waals surface area contributed by atoms with E-state index in [1.165, 1.54) is 0 Å². The van der Waals surface area contributed by atoms with Crippen LogP contribution in [0.5, 0.6) is 0 Å². The van der Waals surface area contributed by atoms with Gasteiger partial charge in [-0.3, -0.25) is 4.79 Å². The third-order valence-electron chi connectivity index (χ3n) is 1.21. The SMILES string of the molecule is [2H]N([2H])[C@]([2H])(C(=O)O)C([2H])([2H])Sc1ccccc1. The fourth-order valence-corrected chi connectivity index (χ4v) is 1.23. The lowest BCUT2D eigenvalue weighted by Crippen LogP contribution is -2.32. The van der Waals surface area contributed by atoms with Crippen LogP contribution in [0.4, 0.5) is 0 Å². The summed E-state index contributed by atoms with van der Waals surface area (Å²) in [7, 11) is 0. The second-order valence-corrected chi connectivity index (χ2v) is 3.05. The molecular weight excluding hydrogens is 186 g/mol. The highest BCUT2D eigenvalue weighted by atomic mass is 32.2. The number of nitrogens with two attached hydrogens (primary N) is 1. The lowest BCUT2D eigenvalue weighted by molar-refractivity contribution is -0.137. The van der Waals surface area contributed by atoms with Gasteiger partial charge in [-0.05, 0) is 12.1 Å². The van der Waals surface area contributed by atoms with Crippen LogP contribution >= 0.6 is 11.8 Å². The van der Waals surface area contributed by atoms with Gasteiger partial charge >= 0.3 is 5.97 Å². The molecule has 0 bridgehead atoms. The number of thioether (sulfide) groups is 1. The summed E-state index contributed by atoms with van der Waals surface area (Å²) < 4.78 is 36.8. The molecule has 0 fully saturated rings. The summed E-state index contributed by atoms with van der Waals surface area (Å²) in [5.74, 6) is -1.89. The molecule has 0 amide bonds. The van der Waals surface area contributed by atoms with Gasteiger partial charge in [-0.2, -0.15) is 0 Å². The van der Waals surface area contributed by atoms with E-state index in [0.29, 0.717) is 16.7 Å². The molecule has 3 N–H and O–H groups in total. The Morgan fingerprint density at radius 2 is 2.46 bits per heavy atom. The van der Waals surface area contributed by atoms with Gasteiger partial charge in [0.15, 0.2) is 0 Å². The van der Waals surface area contributed by atoms with Gasteiger partial charge in [-0.25, -0.2) is 0 Å². The molecule has 13 heavy (non-hydrogen) atoms. The van der Waals surface area contributed by atoms with Gasteiger partial charge in [0, 0.05) is 13.3 Å². The molecule has 0 aromatic heterocycles. The van der Waals surface area contributed by atoms with Crippen molar-refractivity contribution in [3.63, 3.8) is 0 Å². The molecule has 1 rings (SSSR count). The van der Waals surface area contributed by atoms with Crippen LogP contribution in [-0.4, -0.2) is 22.8 Å². The monoisotopic (exact) mass is 202 g/mol. The first kappa shape index (κ1) is 5.02. The van der Waals surface area contributed by atoms with E-state index in [1.54, 1.807) is 30.3 Å². The number of carboxylic acids is 1. The molecule has 0 unspecified atom stereocenters. The van der Waals surface area contributed by atoms with Crippen molar-refractivity contribution in [2.45, 2.75) is 10.9 Å². The van der Waals surface area contributed by atoms with Crippen LogP contribution in [0.2, 0.25) is 2.82 Å². The van der Waals surface area contributed by atoms with Crippen molar-refractivity contribution in [2.24, 2.45) is 5.72 Å². The van der Waals surface area contributed by atoms with Gasteiger partial charge in [-0.15, -0.1) is 11.8 Å². The summed E-state index contributed by atoms with van der Waals surface area (Å²) >= 11 is 0.493. The van der Waals surface area contributed by atoms with E-state index in [0.717, 1.165) is 0 Å². The van der Waals surface area contributed by atoms with Gasteiger partial charge in [0.05, 0.1) is 1.37 Å². The van der Waals surface area contributed by atoms with Crippen LogP contribution in [0, 0.1) is 0 Å². The van der Waals surface area contributed by atoms with Crippen LogP contribution in [0.25, 0.3) is 0 Å². The van der Waals surface area contributed by atoms with Crippen molar-refractivity contribution in [1.82, 2.24) is 0 Å². The molecule has 0 aliphatic heterocycles.